The van der Waals surface area contributed by atoms with Crippen molar-refractivity contribution < 1.29 is 9.21 Å². The predicted molar refractivity (Wildman–Crippen MR) is 47.0 cm³/mol. The third kappa shape index (κ3) is 2.22. The van der Waals surface area contributed by atoms with Crippen LogP contribution in [0.1, 0.15) is 38.4 Å². The molecule has 0 bridgehead atoms. The fourth-order valence-electron chi connectivity index (χ4n) is 1.32. The van der Waals surface area contributed by atoms with Gasteiger partial charge in [0.05, 0.1) is 6.26 Å². The Morgan fingerprint density at radius 1 is 1.67 bits per heavy atom. The molecule has 0 spiro atoms. The van der Waals surface area contributed by atoms with E-state index in [1.165, 1.54) is 0 Å². The average Bonchev–Trinajstić information content (AvgIpc) is 2.51. The molecule has 0 aliphatic rings. The Kier molecular flexibility index (Phi) is 3.09. The molecule has 2 nitrogen and oxygen atoms in total. The fourth-order valence-corrected chi connectivity index (χ4v) is 1.32. The van der Waals surface area contributed by atoms with Crippen LogP contribution in [0.25, 0.3) is 0 Å². The Morgan fingerprint density at radius 3 is 2.83 bits per heavy atom. The van der Waals surface area contributed by atoms with Crippen molar-refractivity contribution in [2.75, 3.05) is 0 Å². The summed E-state index contributed by atoms with van der Waals surface area (Å²) in [5.41, 5.74) is 0. The number of rotatable bonds is 4. The molecule has 0 saturated heterocycles. The molecule has 1 unspecified atom stereocenters. The van der Waals surface area contributed by atoms with Crippen LogP contribution in [0.15, 0.2) is 22.8 Å². The van der Waals surface area contributed by atoms with Crippen LogP contribution >= 0.6 is 0 Å². The van der Waals surface area contributed by atoms with Gasteiger partial charge in [0.1, 0.15) is 11.5 Å². The van der Waals surface area contributed by atoms with Gasteiger partial charge in [-0.2, -0.15) is 0 Å². The second-order valence-electron chi connectivity index (χ2n) is 3.03. The van der Waals surface area contributed by atoms with Gasteiger partial charge < -0.3 is 9.21 Å². The molecule has 1 heterocycles. The van der Waals surface area contributed by atoms with Gasteiger partial charge in [-0.25, -0.2) is 0 Å². The smallest absolute Gasteiger partial charge is 0.130 e. The number of ketones is 1. The van der Waals surface area contributed by atoms with Crippen LogP contribution in [0.3, 0.4) is 0 Å². The van der Waals surface area contributed by atoms with Crippen molar-refractivity contribution in [3.8, 4) is 0 Å². The number of Topliss-reactive ketones (excluding diaryl/α,β-unsaturated/α-hetero) is 1. The molecule has 0 radical (unpaired) electrons. The lowest BCUT2D eigenvalue weighted by molar-refractivity contribution is -0.117. The standard InChI is InChI=1S/C10H14O2/c1-3-9(7-8(2)11)10-5-4-6-12-10/h4-6,9H,3,7H2,1-2H3. The minimum Gasteiger partial charge on any atom is -0.469 e. The van der Waals surface area contributed by atoms with Gasteiger partial charge >= 0.3 is 0 Å². The lowest BCUT2D eigenvalue weighted by Crippen LogP contribution is -2.01. The minimum absolute atomic E-state index is 0.221. The van der Waals surface area contributed by atoms with E-state index in [1.54, 1.807) is 13.2 Å². The molecule has 1 rings (SSSR count). The number of carbonyl (C=O) groups excluding carboxylic acids is 1. The normalized spacial score (nSPS) is 12.8. The first-order valence-electron chi connectivity index (χ1n) is 4.27. The highest BCUT2D eigenvalue weighted by atomic mass is 16.3. The molecule has 0 fully saturated rings. The van der Waals surface area contributed by atoms with E-state index in [2.05, 4.69) is 6.92 Å². The monoisotopic (exact) mass is 166 g/mol. The van der Waals surface area contributed by atoms with Gasteiger partial charge in [-0.15, -0.1) is 0 Å². The van der Waals surface area contributed by atoms with Crippen molar-refractivity contribution >= 4 is 5.78 Å². The first-order chi connectivity index (χ1) is 5.74. The molecular weight excluding hydrogens is 152 g/mol. The molecule has 0 aromatic carbocycles. The van der Waals surface area contributed by atoms with Crippen molar-refractivity contribution in [2.45, 2.75) is 32.6 Å². The summed E-state index contributed by atoms with van der Waals surface area (Å²) in [5, 5.41) is 0. The lowest BCUT2D eigenvalue weighted by atomic mass is 9.98. The largest absolute Gasteiger partial charge is 0.469 e. The summed E-state index contributed by atoms with van der Waals surface area (Å²) >= 11 is 0. The number of hydrogen-bond acceptors (Lipinski definition) is 2. The van der Waals surface area contributed by atoms with Crippen LogP contribution in [-0.4, -0.2) is 5.78 Å². The zero-order chi connectivity index (χ0) is 8.97. The molecule has 0 N–H and O–H groups in total. The van der Waals surface area contributed by atoms with Crippen LogP contribution in [0.4, 0.5) is 0 Å². The highest BCUT2D eigenvalue weighted by molar-refractivity contribution is 5.76. The van der Waals surface area contributed by atoms with Gasteiger partial charge in [-0.1, -0.05) is 6.92 Å². The average molecular weight is 166 g/mol. The van der Waals surface area contributed by atoms with E-state index in [1.807, 2.05) is 12.1 Å². The van der Waals surface area contributed by atoms with E-state index in [9.17, 15) is 4.79 Å². The van der Waals surface area contributed by atoms with E-state index in [4.69, 9.17) is 4.42 Å². The molecule has 1 aromatic rings. The molecule has 0 aliphatic carbocycles. The third-order valence-corrected chi connectivity index (χ3v) is 1.97. The highest BCUT2D eigenvalue weighted by Gasteiger charge is 2.13. The lowest BCUT2D eigenvalue weighted by Gasteiger charge is -2.08. The number of hydrogen-bond donors (Lipinski definition) is 0. The summed E-state index contributed by atoms with van der Waals surface area (Å²) in [6.07, 6.45) is 3.19. The first kappa shape index (κ1) is 9.04. The Labute approximate surface area is 72.6 Å². The number of carbonyl (C=O) groups is 1. The summed E-state index contributed by atoms with van der Waals surface area (Å²) < 4.78 is 5.24. The predicted octanol–water partition coefficient (Wildman–Crippen LogP) is 2.75. The minimum atomic E-state index is 0.221. The molecule has 1 atom stereocenters. The molecule has 66 valence electrons. The van der Waals surface area contributed by atoms with Gasteiger partial charge in [0.25, 0.3) is 0 Å². The quantitative estimate of drug-likeness (QED) is 0.688. The summed E-state index contributed by atoms with van der Waals surface area (Å²) in [6.45, 7) is 3.68. The van der Waals surface area contributed by atoms with Crippen LogP contribution < -0.4 is 0 Å². The maximum atomic E-state index is 10.9. The van der Waals surface area contributed by atoms with Crippen LogP contribution in [0.5, 0.6) is 0 Å². The summed E-state index contributed by atoms with van der Waals surface area (Å²) in [4.78, 5) is 10.9. The second kappa shape index (κ2) is 4.10. The van der Waals surface area contributed by atoms with Gasteiger partial charge in [0.15, 0.2) is 0 Å². The molecule has 0 aliphatic heterocycles. The molecule has 0 saturated carbocycles. The second-order valence-corrected chi connectivity index (χ2v) is 3.03. The SMILES string of the molecule is CCC(CC(C)=O)c1ccco1. The Hall–Kier alpha value is -1.05. The molecule has 2 heteroatoms. The van der Waals surface area contributed by atoms with Crippen molar-refractivity contribution in [1.82, 2.24) is 0 Å². The first-order valence-corrected chi connectivity index (χ1v) is 4.27. The van der Waals surface area contributed by atoms with Crippen LogP contribution in [0.2, 0.25) is 0 Å². The van der Waals surface area contributed by atoms with Gasteiger partial charge in [-0.3, -0.25) is 0 Å². The zero-order valence-electron chi connectivity index (χ0n) is 7.54. The third-order valence-electron chi connectivity index (χ3n) is 1.97. The summed E-state index contributed by atoms with van der Waals surface area (Å²) in [6, 6.07) is 3.79. The van der Waals surface area contributed by atoms with Crippen molar-refractivity contribution in [3.63, 3.8) is 0 Å². The Balaban J connectivity index is 2.63. The molecule has 1 aromatic heterocycles. The highest BCUT2D eigenvalue weighted by Crippen LogP contribution is 2.23. The van der Waals surface area contributed by atoms with Crippen LogP contribution in [0, 0.1) is 0 Å². The maximum absolute atomic E-state index is 10.9. The summed E-state index contributed by atoms with van der Waals surface area (Å²) in [7, 11) is 0. The topological polar surface area (TPSA) is 30.2 Å². The summed E-state index contributed by atoms with van der Waals surface area (Å²) in [5.74, 6) is 1.41. The van der Waals surface area contributed by atoms with Crippen molar-refractivity contribution in [1.29, 1.82) is 0 Å². The molecular formula is C10H14O2. The zero-order valence-corrected chi connectivity index (χ0v) is 7.54. The van der Waals surface area contributed by atoms with Gasteiger partial charge in [-0.05, 0) is 25.5 Å². The maximum Gasteiger partial charge on any atom is 0.130 e. The van der Waals surface area contributed by atoms with E-state index >= 15 is 0 Å². The van der Waals surface area contributed by atoms with E-state index in [0.717, 1.165) is 12.2 Å². The van der Waals surface area contributed by atoms with Crippen molar-refractivity contribution in [3.05, 3.63) is 24.2 Å². The fraction of sp³-hybridized carbons (Fsp3) is 0.500. The van der Waals surface area contributed by atoms with E-state index < -0.39 is 0 Å². The van der Waals surface area contributed by atoms with Gasteiger partial charge in [0.2, 0.25) is 0 Å². The number of furan rings is 1. The van der Waals surface area contributed by atoms with Gasteiger partial charge in [0, 0.05) is 12.3 Å². The Morgan fingerprint density at radius 2 is 2.42 bits per heavy atom. The van der Waals surface area contributed by atoms with Crippen LogP contribution in [-0.2, 0) is 4.79 Å². The van der Waals surface area contributed by atoms with E-state index in [-0.39, 0.29) is 11.7 Å². The Bertz CT molecular complexity index is 236. The molecule has 0 amide bonds. The molecule has 12 heavy (non-hydrogen) atoms. The van der Waals surface area contributed by atoms with E-state index in [0.29, 0.717) is 6.42 Å². The van der Waals surface area contributed by atoms with Crippen molar-refractivity contribution in [2.24, 2.45) is 0 Å².